The van der Waals surface area contributed by atoms with E-state index >= 15 is 0 Å². The number of aryl methyl sites for hydroxylation is 1. The van der Waals surface area contributed by atoms with Gasteiger partial charge in [-0.05, 0) is 69.0 Å². The zero-order chi connectivity index (χ0) is 18.8. The molecular formula is C20H26Cl2FN3O2S. The fourth-order valence-corrected chi connectivity index (χ4v) is 4.90. The molecule has 3 heterocycles. The molecule has 160 valence electrons. The molecule has 2 atom stereocenters. The van der Waals surface area contributed by atoms with E-state index in [9.17, 15) is 9.18 Å². The van der Waals surface area contributed by atoms with Crippen LogP contribution in [0.4, 0.5) is 4.39 Å². The van der Waals surface area contributed by atoms with Gasteiger partial charge in [0, 0.05) is 13.1 Å². The maximum Gasteiger partial charge on any atom is 0.265 e. The summed E-state index contributed by atoms with van der Waals surface area (Å²) >= 11 is 1.40. The van der Waals surface area contributed by atoms with Crippen molar-refractivity contribution >= 4 is 42.1 Å². The lowest BCUT2D eigenvalue weighted by Crippen LogP contribution is -2.32. The van der Waals surface area contributed by atoms with Gasteiger partial charge in [0.1, 0.15) is 28.1 Å². The molecule has 0 bridgehead atoms. The molecule has 2 aliphatic heterocycles. The Labute approximate surface area is 186 Å². The fraction of sp³-hybridized carbons (Fsp3) is 0.500. The number of ether oxygens (including phenoxy) is 1. The number of amides is 1. The monoisotopic (exact) mass is 461 g/mol. The second-order valence-electron chi connectivity index (χ2n) is 7.31. The van der Waals surface area contributed by atoms with E-state index in [0.29, 0.717) is 22.5 Å². The Morgan fingerprint density at radius 3 is 2.45 bits per heavy atom. The number of carbonyl (C=O) groups is 1. The topological polar surface area (TPSA) is 54.5 Å². The van der Waals surface area contributed by atoms with Crippen LogP contribution < -0.4 is 10.1 Å². The Bertz CT molecular complexity index is 805. The Morgan fingerprint density at radius 2 is 1.83 bits per heavy atom. The summed E-state index contributed by atoms with van der Waals surface area (Å²) in [4.78, 5) is 20.2. The van der Waals surface area contributed by atoms with Crippen LogP contribution in [0.1, 0.15) is 33.2 Å². The van der Waals surface area contributed by atoms with Crippen molar-refractivity contribution in [2.45, 2.75) is 26.4 Å². The minimum Gasteiger partial charge on any atom is -0.486 e. The average Bonchev–Trinajstić information content (AvgIpc) is 3.22. The van der Waals surface area contributed by atoms with E-state index in [0.717, 1.165) is 49.7 Å². The second kappa shape index (κ2) is 10.6. The van der Waals surface area contributed by atoms with Gasteiger partial charge in [0.05, 0.1) is 5.69 Å². The number of carbonyl (C=O) groups excluding carboxylic acids is 1. The molecule has 1 aromatic heterocycles. The number of halogens is 3. The van der Waals surface area contributed by atoms with Crippen molar-refractivity contribution in [3.05, 3.63) is 45.7 Å². The number of benzene rings is 1. The zero-order valence-corrected chi connectivity index (χ0v) is 18.7. The summed E-state index contributed by atoms with van der Waals surface area (Å²) in [5.74, 6) is 1.78. The molecular weight excluding hydrogens is 436 g/mol. The Hall–Kier alpha value is -1.41. The SMILES string of the molecule is Cc1nc(COc2ccc(F)cc2)sc1C(=O)N1CC[C@@H]2CNC[C@@H]2CC1.Cl.Cl. The maximum absolute atomic E-state index is 13.0. The molecule has 2 saturated heterocycles. The van der Waals surface area contributed by atoms with E-state index in [1.807, 2.05) is 11.8 Å². The van der Waals surface area contributed by atoms with Crippen LogP contribution in [0.25, 0.3) is 0 Å². The average molecular weight is 462 g/mol. The number of nitrogens with one attached hydrogen (secondary N) is 1. The molecule has 9 heteroatoms. The number of nitrogens with zero attached hydrogens (tertiary/aromatic N) is 2. The number of thiazole rings is 1. The highest BCUT2D eigenvalue weighted by Gasteiger charge is 2.32. The molecule has 5 nitrogen and oxygen atoms in total. The third-order valence-corrected chi connectivity index (χ3v) is 6.64. The summed E-state index contributed by atoms with van der Waals surface area (Å²) < 4.78 is 18.6. The number of rotatable bonds is 4. The van der Waals surface area contributed by atoms with Gasteiger partial charge in [-0.25, -0.2) is 9.37 Å². The van der Waals surface area contributed by atoms with E-state index in [2.05, 4.69) is 10.3 Å². The first-order valence-electron chi connectivity index (χ1n) is 9.45. The molecule has 2 aliphatic rings. The Morgan fingerprint density at radius 1 is 1.21 bits per heavy atom. The molecule has 0 unspecified atom stereocenters. The van der Waals surface area contributed by atoms with Crippen molar-refractivity contribution in [1.29, 1.82) is 0 Å². The number of hydrogen-bond acceptors (Lipinski definition) is 5. The van der Waals surface area contributed by atoms with E-state index in [4.69, 9.17) is 4.74 Å². The molecule has 29 heavy (non-hydrogen) atoms. The highest BCUT2D eigenvalue weighted by atomic mass is 35.5. The predicted molar refractivity (Wildman–Crippen MR) is 117 cm³/mol. The minimum absolute atomic E-state index is 0. The van der Waals surface area contributed by atoms with Crippen LogP contribution in [0, 0.1) is 24.6 Å². The lowest BCUT2D eigenvalue weighted by Gasteiger charge is -2.20. The quantitative estimate of drug-likeness (QED) is 0.744. The van der Waals surface area contributed by atoms with Crippen LogP contribution in [-0.4, -0.2) is 42.0 Å². The first-order valence-corrected chi connectivity index (χ1v) is 10.3. The van der Waals surface area contributed by atoms with Gasteiger partial charge < -0.3 is 15.0 Å². The van der Waals surface area contributed by atoms with Gasteiger partial charge in [0.2, 0.25) is 0 Å². The summed E-state index contributed by atoms with van der Waals surface area (Å²) in [5, 5.41) is 4.22. The van der Waals surface area contributed by atoms with E-state index in [1.54, 1.807) is 12.1 Å². The van der Waals surface area contributed by atoms with Gasteiger partial charge in [-0.1, -0.05) is 0 Å². The van der Waals surface area contributed by atoms with Gasteiger partial charge in [0.15, 0.2) is 0 Å². The lowest BCUT2D eigenvalue weighted by molar-refractivity contribution is 0.0762. The van der Waals surface area contributed by atoms with Crippen LogP contribution in [0.15, 0.2) is 24.3 Å². The van der Waals surface area contributed by atoms with Gasteiger partial charge in [-0.15, -0.1) is 36.2 Å². The van der Waals surface area contributed by atoms with Crippen LogP contribution in [0.3, 0.4) is 0 Å². The van der Waals surface area contributed by atoms with Gasteiger partial charge in [-0.2, -0.15) is 0 Å². The normalized spacial score (nSPS) is 20.8. The predicted octanol–water partition coefficient (Wildman–Crippen LogP) is 4.08. The van der Waals surface area contributed by atoms with Crippen molar-refractivity contribution in [3.63, 3.8) is 0 Å². The summed E-state index contributed by atoms with van der Waals surface area (Å²) in [7, 11) is 0. The molecule has 1 N–H and O–H groups in total. The molecule has 0 spiro atoms. The van der Waals surface area contributed by atoms with Crippen molar-refractivity contribution < 1.29 is 13.9 Å². The van der Waals surface area contributed by atoms with Crippen LogP contribution in [-0.2, 0) is 6.61 Å². The Balaban J connectivity index is 0.00000150. The van der Waals surface area contributed by atoms with Crippen LogP contribution in [0.2, 0.25) is 0 Å². The van der Waals surface area contributed by atoms with Gasteiger partial charge in [0.25, 0.3) is 5.91 Å². The van der Waals surface area contributed by atoms with Crippen molar-refractivity contribution in [3.8, 4) is 5.75 Å². The molecule has 0 aliphatic carbocycles. The van der Waals surface area contributed by atoms with E-state index < -0.39 is 0 Å². The zero-order valence-electron chi connectivity index (χ0n) is 16.2. The van der Waals surface area contributed by atoms with Crippen molar-refractivity contribution in [1.82, 2.24) is 15.2 Å². The Kier molecular flexibility index (Phi) is 8.70. The standard InChI is InChI=1S/C20H24FN3O2S.2ClH/c1-13-19(20(25)24-8-6-14-10-22-11-15(14)7-9-24)27-18(23-13)12-26-17-4-2-16(21)3-5-17;;/h2-5,14-15,22H,6-12H2,1H3;2*1H/t14-,15+;;. The minimum atomic E-state index is -0.294. The van der Waals surface area contributed by atoms with Gasteiger partial charge >= 0.3 is 0 Å². The third kappa shape index (κ3) is 5.60. The van der Waals surface area contributed by atoms with E-state index in [-0.39, 0.29) is 43.1 Å². The molecule has 4 rings (SSSR count). The smallest absolute Gasteiger partial charge is 0.265 e. The summed E-state index contributed by atoms with van der Waals surface area (Å²) in [6.07, 6.45) is 2.14. The molecule has 2 fully saturated rings. The number of likely N-dealkylation sites (tertiary alicyclic amines) is 1. The van der Waals surface area contributed by atoms with Gasteiger partial charge in [-0.3, -0.25) is 4.79 Å². The van der Waals surface area contributed by atoms with E-state index in [1.165, 1.54) is 23.5 Å². The third-order valence-electron chi connectivity index (χ3n) is 5.52. The first-order chi connectivity index (χ1) is 13.1. The number of aromatic nitrogens is 1. The largest absolute Gasteiger partial charge is 0.486 e. The molecule has 0 saturated carbocycles. The van der Waals surface area contributed by atoms with Crippen molar-refractivity contribution in [2.75, 3.05) is 26.2 Å². The summed E-state index contributed by atoms with van der Waals surface area (Å²) in [6, 6.07) is 5.90. The maximum atomic E-state index is 13.0. The molecule has 0 radical (unpaired) electrons. The number of fused-ring (bicyclic) bond motifs is 1. The summed E-state index contributed by atoms with van der Waals surface area (Å²) in [6.45, 7) is 5.96. The number of hydrogen-bond donors (Lipinski definition) is 1. The van der Waals surface area contributed by atoms with Crippen molar-refractivity contribution in [2.24, 2.45) is 11.8 Å². The molecule has 1 amide bonds. The molecule has 2 aromatic rings. The van der Waals surface area contributed by atoms with Crippen LogP contribution in [0.5, 0.6) is 5.75 Å². The first kappa shape index (κ1) is 23.9. The summed E-state index contributed by atoms with van der Waals surface area (Å²) in [5.41, 5.74) is 0.758. The highest BCUT2D eigenvalue weighted by Crippen LogP contribution is 2.29. The fourth-order valence-electron chi connectivity index (χ4n) is 3.95. The molecule has 1 aromatic carbocycles. The second-order valence-corrected chi connectivity index (χ2v) is 8.40. The van der Waals surface area contributed by atoms with Crippen LogP contribution >= 0.6 is 36.2 Å². The highest BCUT2D eigenvalue weighted by molar-refractivity contribution is 7.13. The lowest BCUT2D eigenvalue weighted by atomic mass is 9.92.